The molecule has 0 aliphatic heterocycles. The second-order valence-corrected chi connectivity index (χ2v) is 6.22. The molecule has 0 aliphatic carbocycles. The number of hydrogen-bond donors (Lipinski definition) is 1. The highest BCUT2D eigenvalue weighted by atomic mass is 16.5. The average Bonchev–Trinajstić information content (AvgIpc) is 3.08. The Labute approximate surface area is 153 Å². The van der Waals surface area contributed by atoms with Crippen LogP contribution in [0.3, 0.4) is 0 Å². The smallest absolute Gasteiger partial charge is 0.216 e. The van der Waals surface area contributed by atoms with Crippen molar-refractivity contribution >= 4 is 17.0 Å². The number of fused-ring (bicyclic) bond motifs is 1. The van der Waals surface area contributed by atoms with Gasteiger partial charge < -0.3 is 14.5 Å². The van der Waals surface area contributed by atoms with Crippen LogP contribution in [0.2, 0.25) is 0 Å². The van der Waals surface area contributed by atoms with Gasteiger partial charge in [-0.15, -0.1) is 0 Å². The van der Waals surface area contributed by atoms with E-state index in [1.807, 2.05) is 25.1 Å². The lowest BCUT2D eigenvalue weighted by atomic mass is 9.95. The van der Waals surface area contributed by atoms with E-state index in [2.05, 4.69) is 28.5 Å². The molecule has 0 bridgehead atoms. The summed E-state index contributed by atoms with van der Waals surface area (Å²) in [6.07, 6.45) is 2.40. The number of nitrogens with one attached hydrogen (secondary N) is 1. The number of amides is 1. The van der Waals surface area contributed by atoms with Gasteiger partial charge in [0, 0.05) is 25.5 Å². The Morgan fingerprint density at radius 3 is 2.62 bits per heavy atom. The minimum absolute atomic E-state index is 0.00785. The molecule has 2 aromatic carbocycles. The van der Waals surface area contributed by atoms with E-state index in [9.17, 15) is 4.79 Å². The second kappa shape index (κ2) is 8.04. The van der Waals surface area contributed by atoms with Crippen LogP contribution in [-0.2, 0) is 17.6 Å². The summed E-state index contributed by atoms with van der Waals surface area (Å²) in [7, 11) is 1.66. The Kier molecular flexibility index (Phi) is 5.56. The molecule has 26 heavy (non-hydrogen) atoms. The standard InChI is InChI=1S/C21H24N2O3/c1-4-20-23-19-12-11-17(15-7-9-16(25-3)10-8-15)18(21(19)26-20)6-5-13-22-14(2)24/h7-12H,4-6,13H2,1-3H3,(H,22,24). The molecule has 136 valence electrons. The fourth-order valence-corrected chi connectivity index (χ4v) is 3.06. The zero-order chi connectivity index (χ0) is 18.5. The number of nitrogens with zero attached hydrogens (tertiary/aromatic N) is 1. The lowest BCUT2D eigenvalue weighted by Gasteiger charge is -2.11. The molecular formula is C21H24N2O3. The highest BCUT2D eigenvalue weighted by Gasteiger charge is 2.15. The summed E-state index contributed by atoms with van der Waals surface area (Å²) in [6.45, 7) is 4.21. The molecule has 0 fully saturated rings. The number of methoxy groups -OCH3 is 1. The lowest BCUT2D eigenvalue weighted by Crippen LogP contribution is -2.21. The number of ether oxygens (including phenoxy) is 1. The van der Waals surface area contributed by atoms with E-state index < -0.39 is 0 Å². The van der Waals surface area contributed by atoms with Crippen molar-refractivity contribution in [3.63, 3.8) is 0 Å². The minimum atomic E-state index is -0.00785. The van der Waals surface area contributed by atoms with Gasteiger partial charge in [0.05, 0.1) is 7.11 Å². The Balaban J connectivity index is 1.99. The Bertz CT molecular complexity index is 898. The first-order chi connectivity index (χ1) is 12.6. The van der Waals surface area contributed by atoms with Gasteiger partial charge in [-0.2, -0.15) is 0 Å². The number of carbonyl (C=O) groups is 1. The first kappa shape index (κ1) is 18.0. The third-order valence-electron chi connectivity index (χ3n) is 4.39. The fraction of sp³-hybridized carbons (Fsp3) is 0.333. The molecule has 0 radical (unpaired) electrons. The molecule has 1 amide bonds. The predicted octanol–water partition coefficient (Wildman–Crippen LogP) is 4.13. The molecule has 3 rings (SSSR count). The number of oxazole rings is 1. The van der Waals surface area contributed by atoms with Crippen molar-refractivity contribution < 1.29 is 13.9 Å². The van der Waals surface area contributed by atoms with E-state index in [0.29, 0.717) is 6.54 Å². The first-order valence-corrected chi connectivity index (χ1v) is 8.92. The zero-order valence-corrected chi connectivity index (χ0v) is 15.5. The normalized spacial score (nSPS) is 10.9. The first-order valence-electron chi connectivity index (χ1n) is 8.92. The van der Waals surface area contributed by atoms with Crippen LogP contribution >= 0.6 is 0 Å². The van der Waals surface area contributed by atoms with Crippen molar-refractivity contribution in [2.75, 3.05) is 13.7 Å². The van der Waals surface area contributed by atoms with Gasteiger partial charge in [0.2, 0.25) is 5.91 Å². The molecular weight excluding hydrogens is 328 g/mol. The molecule has 0 spiro atoms. The molecule has 1 heterocycles. The second-order valence-electron chi connectivity index (χ2n) is 6.22. The maximum atomic E-state index is 11.1. The van der Waals surface area contributed by atoms with Crippen LogP contribution in [0.4, 0.5) is 0 Å². The van der Waals surface area contributed by atoms with Crippen molar-refractivity contribution in [1.82, 2.24) is 10.3 Å². The van der Waals surface area contributed by atoms with E-state index in [4.69, 9.17) is 9.15 Å². The van der Waals surface area contributed by atoms with Crippen LogP contribution < -0.4 is 10.1 Å². The topological polar surface area (TPSA) is 64.4 Å². The van der Waals surface area contributed by atoms with Gasteiger partial charge in [0.1, 0.15) is 11.3 Å². The quantitative estimate of drug-likeness (QED) is 0.649. The fourth-order valence-electron chi connectivity index (χ4n) is 3.06. The number of carbonyl (C=O) groups excluding carboxylic acids is 1. The van der Waals surface area contributed by atoms with Crippen LogP contribution in [0, 0.1) is 0 Å². The van der Waals surface area contributed by atoms with Gasteiger partial charge >= 0.3 is 0 Å². The van der Waals surface area contributed by atoms with Gasteiger partial charge in [-0.3, -0.25) is 4.79 Å². The molecule has 0 unspecified atom stereocenters. The maximum Gasteiger partial charge on any atom is 0.216 e. The molecule has 1 N–H and O–H groups in total. The molecule has 5 heteroatoms. The van der Waals surface area contributed by atoms with E-state index >= 15 is 0 Å². The van der Waals surface area contributed by atoms with E-state index in [1.54, 1.807) is 7.11 Å². The van der Waals surface area contributed by atoms with Crippen molar-refractivity contribution in [2.24, 2.45) is 0 Å². The predicted molar refractivity (Wildman–Crippen MR) is 102 cm³/mol. The zero-order valence-electron chi connectivity index (χ0n) is 15.5. The number of benzene rings is 2. The van der Waals surface area contributed by atoms with Gasteiger partial charge in [-0.05, 0) is 42.2 Å². The summed E-state index contributed by atoms with van der Waals surface area (Å²) in [5.74, 6) is 1.57. The Morgan fingerprint density at radius 2 is 1.96 bits per heavy atom. The molecule has 0 aliphatic rings. The van der Waals surface area contributed by atoms with E-state index in [0.717, 1.165) is 58.7 Å². The molecule has 3 aromatic rings. The van der Waals surface area contributed by atoms with Crippen LogP contribution in [0.15, 0.2) is 40.8 Å². The Hall–Kier alpha value is -2.82. The van der Waals surface area contributed by atoms with Crippen molar-refractivity contribution in [3.8, 4) is 16.9 Å². The van der Waals surface area contributed by atoms with E-state index in [-0.39, 0.29) is 5.91 Å². The van der Waals surface area contributed by atoms with Gasteiger partial charge in [0.25, 0.3) is 0 Å². The summed E-state index contributed by atoms with van der Waals surface area (Å²) >= 11 is 0. The summed E-state index contributed by atoms with van der Waals surface area (Å²) in [5.41, 5.74) is 5.09. The molecule has 0 atom stereocenters. The largest absolute Gasteiger partial charge is 0.497 e. The summed E-state index contributed by atoms with van der Waals surface area (Å²) < 4.78 is 11.3. The highest BCUT2D eigenvalue weighted by molar-refractivity contribution is 5.85. The van der Waals surface area contributed by atoms with Crippen LogP contribution in [-0.4, -0.2) is 24.5 Å². The molecule has 0 saturated heterocycles. The third-order valence-corrected chi connectivity index (χ3v) is 4.39. The highest BCUT2D eigenvalue weighted by Crippen LogP contribution is 2.32. The number of aromatic nitrogens is 1. The van der Waals surface area contributed by atoms with Crippen molar-refractivity contribution in [3.05, 3.63) is 47.9 Å². The van der Waals surface area contributed by atoms with Gasteiger partial charge in [0.15, 0.2) is 11.5 Å². The van der Waals surface area contributed by atoms with Crippen LogP contribution in [0.5, 0.6) is 5.75 Å². The van der Waals surface area contributed by atoms with Crippen LogP contribution in [0.1, 0.15) is 31.7 Å². The molecule has 1 aromatic heterocycles. The van der Waals surface area contributed by atoms with Gasteiger partial charge in [-0.25, -0.2) is 4.98 Å². The molecule has 0 saturated carbocycles. The summed E-state index contributed by atoms with van der Waals surface area (Å²) in [6, 6.07) is 12.1. The monoisotopic (exact) mass is 352 g/mol. The number of aryl methyl sites for hydroxylation is 2. The minimum Gasteiger partial charge on any atom is -0.497 e. The number of rotatable bonds is 7. The SMILES string of the molecule is CCc1nc2ccc(-c3ccc(OC)cc3)c(CCCNC(C)=O)c2o1. The van der Waals surface area contributed by atoms with Crippen LogP contribution in [0.25, 0.3) is 22.2 Å². The lowest BCUT2D eigenvalue weighted by molar-refractivity contribution is -0.118. The maximum absolute atomic E-state index is 11.1. The van der Waals surface area contributed by atoms with E-state index in [1.165, 1.54) is 6.92 Å². The van der Waals surface area contributed by atoms with Gasteiger partial charge in [-0.1, -0.05) is 25.1 Å². The van der Waals surface area contributed by atoms with Crippen molar-refractivity contribution in [2.45, 2.75) is 33.1 Å². The molecule has 5 nitrogen and oxygen atoms in total. The van der Waals surface area contributed by atoms with Crippen molar-refractivity contribution in [1.29, 1.82) is 0 Å². The summed E-state index contributed by atoms with van der Waals surface area (Å²) in [4.78, 5) is 15.7. The Morgan fingerprint density at radius 1 is 1.19 bits per heavy atom. The average molecular weight is 352 g/mol. The number of hydrogen-bond acceptors (Lipinski definition) is 4. The third kappa shape index (κ3) is 3.87. The summed E-state index contributed by atoms with van der Waals surface area (Å²) in [5, 5.41) is 2.85.